The number of rotatable bonds is 4. The summed E-state index contributed by atoms with van der Waals surface area (Å²) in [6, 6.07) is 37.3. The molecule has 2 atom stereocenters. The van der Waals surface area contributed by atoms with E-state index in [1.54, 1.807) is 0 Å². The SMILES string of the molecule is Cc1ccc2c(c1)SC1C=C(/C=C/c3ccc(C#Cc4ccc(/C=C/c5ccc6c(c5)sc5cc(C)ccc56)cc4)cc3)C=CC21. The molecule has 1 aromatic heterocycles. The molecule has 0 nitrogen and oxygen atoms in total. The lowest BCUT2D eigenvalue weighted by Gasteiger charge is -2.17. The number of thiophene rings is 1. The highest BCUT2D eigenvalue weighted by Crippen LogP contribution is 2.49. The van der Waals surface area contributed by atoms with Crippen LogP contribution in [0, 0.1) is 25.7 Å². The molecule has 2 heteroatoms. The van der Waals surface area contributed by atoms with Crippen molar-refractivity contribution in [3.05, 3.63) is 178 Å². The van der Waals surface area contributed by atoms with Gasteiger partial charge < -0.3 is 0 Å². The number of hydrogen-bond donors (Lipinski definition) is 0. The second kappa shape index (κ2) is 12.2. The Balaban J connectivity index is 0.892. The van der Waals surface area contributed by atoms with Crippen LogP contribution in [0.25, 0.3) is 38.4 Å². The quantitative estimate of drug-likeness (QED) is 0.139. The minimum absolute atomic E-state index is 0.483. The zero-order valence-electron chi connectivity index (χ0n) is 25.8. The zero-order valence-corrected chi connectivity index (χ0v) is 27.5. The zero-order chi connectivity index (χ0) is 31.0. The van der Waals surface area contributed by atoms with E-state index >= 15 is 0 Å². The fraction of sp³-hybridized carbons (Fsp3) is 0.0909. The molecular weight excluding hydrogens is 593 g/mol. The molecule has 0 radical (unpaired) electrons. The highest BCUT2D eigenvalue weighted by atomic mass is 32.2. The van der Waals surface area contributed by atoms with Gasteiger partial charge in [-0.25, -0.2) is 0 Å². The minimum atomic E-state index is 0.483. The summed E-state index contributed by atoms with van der Waals surface area (Å²) in [5, 5.41) is 3.17. The van der Waals surface area contributed by atoms with E-state index in [-0.39, 0.29) is 0 Å². The molecule has 46 heavy (non-hydrogen) atoms. The highest BCUT2D eigenvalue weighted by Gasteiger charge is 2.31. The lowest BCUT2D eigenvalue weighted by Crippen LogP contribution is -2.08. The van der Waals surface area contributed by atoms with Gasteiger partial charge in [0.1, 0.15) is 0 Å². The van der Waals surface area contributed by atoms with Crippen molar-refractivity contribution in [1.82, 2.24) is 0 Å². The van der Waals surface area contributed by atoms with Crippen LogP contribution in [0.2, 0.25) is 0 Å². The third-order valence-corrected chi connectivity index (χ3v) is 11.2. The summed E-state index contributed by atoms with van der Waals surface area (Å²) in [5.41, 5.74) is 11.0. The van der Waals surface area contributed by atoms with Crippen molar-refractivity contribution in [1.29, 1.82) is 0 Å². The molecule has 0 spiro atoms. The Labute approximate surface area is 279 Å². The summed E-state index contributed by atoms with van der Waals surface area (Å²) in [6.45, 7) is 4.33. The van der Waals surface area contributed by atoms with E-state index in [0.717, 1.165) is 11.1 Å². The maximum Gasteiger partial charge on any atom is 0.0387 e. The van der Waals surface area contributed by atoms with E-state index in [0.29, 0.717) is 11.2 Å². The third-order valence-electron chi connectivity index (χ3n) is 8.76. The van der Waals surface area contributed by atoms with Crippen LogP contribution in [-0.4, -0.2) is 5.25 Å². The van der Waals surface area contributed by atoms with Crippen molar-refractivity contribution in [3.63, 3.8) is 0 Å². The number of hydrogen-bond acceptors (Lipinski definition) is 2. The van der Waals surface area contributed by atoms with Crippen LogP contribution in [-0.2, 0) is 0 Å². The molecule has 0 bridgehead atoms. The van der Waals surface area contributed by atoms with Gasteiger partial charge >= 0.3 is 0 Å². The molecule has 5 aromatic carbocycles. The first-order chi connectivity index (χ1) is 22.5. The van der Waals surface area contributed by atoms with E-state index in [4.69, 9.17) is 0 Å². The Hall–Kier alpha value is -4.81. The van der Waals surface area contributed by atoms with Gasteiger partial charge in [-0.3, -0.25) is 0 Å². The number of thioether (sulfide) groups is 1. The maximum absolute atomic E-state index is 3.32. The molecule has 0 saturated carbocycles. The smallest absolute Gasteiger partial charge is 0.0387 e. The van der Waals surface area contributed by atoms with Crippen LogP contribution in [0.1, 0.15) is 50.4 Å². The van der Waals surface area contributed by atoms with Gasteiger partial charge in [0.25, 0.3) is 0 Å². The van der Waals surface area contributed by atoms with Crippen molar-refractivity contribution in [3.8, 4) is 11.8 Å². The molecule has 0 fully saturated rings. The van der Waals surface area contributed by atoms with Crippen LogP contribution < -0.4 is 0 Å². The summed E-state index contributed by atoms with van der Waals surface area (Å²) < 4.78 is 2.69. The van der Waals surface area contributed by atoms with Crippen molar-refractivity contribution >= 4 is 61.5 Å². The summed E-state index contributed by atoms with van der Waals surface area (Å²) in [7, 11) is 0. The number of allylic oxidation sites excluding steroid dienone is 4. The molecule has 2 heterocycles. The molecule has 0 N–H and O–H groups in total. The summed E-state index contributed by atoms with van der Waals surface area (Å²) in [5.74, 6) is 7.13. The van der Waals surface area contributed by atoms with Gasteiger partial charge in [0.15, 0.2) is 0 Å². The van der Waals surface area contributed by atoms with Crippen molar-refractivity contribution in [2.75, 3.05) is 0 Å². The number of aryl methyl sites for hydroxylation is 2. The second-order valence-electron chi connectivity index (χ2n) is 12.2. The highest BCUT2D eigenvalue weighted by molar-refractivity contribution is 8.00. The monoisotopic (exact) mass is 624 g/mol. The Morgan fingerprint density at radius 1 is 0.587 bits per heavy atom. The van der Waals surface area contributed by atoms with Gasteiger partial charge in [-0.1, -0.05) is 115 Å². The van der Waals surface area contributed by atoms with Crippen LogP contribution in [0.5, 0.6) is 0 Å². The first-order valence-corrected chi connectivity index (χ1v) is 17.4. The summed E-state index contributed by atoms with van der Waals surface area (Å²) in [4.78, 5) is 1.43. The average Bonchev–Trinajstić information content (AvgIpc) is 3.62. The van der Waals surface area contributed by atoms with Gasteiger partial charge in [-0.2, -0.15) is 0 Å². The Bertz CT molecular complexity index is 2290. The van der Waals surface area contributed by atoms with E-state index in [9.17, 15) is 0 Å². The standard InChI is InChI=1S/C44H32S2/c1-29-3-21-37-39-23-19-35(27-43(39)45-41(37)25-29)17-15-33-11-7-31(8-12-33)5-6-32-9-13-34(14-10-32)16-18-36-20-24-40-38-22-4-30(2)26-42(38)46-44(40)28-36/h3-4,7-28,39,43H,1-2H3/b17-15+,18-16+. The normalized spacial score (nSPS) is 17.0. The van der Waals surface area contributed by atoms with Crippen molar-refractivity contribution in [2.24, 2.45) is 0 Å². The molecule has 0 saturated heterocycles. The molecule has 2 unspecified atom stereocenters. The Morgan fingerprint density at radius 2 is 1.17 bits per heavy atom. The van der Waals surface area contributed by atoms with Crippen LogP contribution >= 0.6 is 23.1 Å². The third kappa shape index (κ3) is 5.93. The number of benzene rings is 5. The maximum atomic E-state index is 3.32. The van der Waals surface area contributed by atoms with E-state index in [2.05, 4.69) is 171 Å². The molecule has 220 valence electrons. The number of fused-ring (bicyclic) bond motifs is 6. The van der Waals surface area contributed by atoms with Crippen LogP contribution in [0.4, 0.5) is 0 Å². The topological polar surface area (TPSA) is 0 Å². The Morgan fingerprint density at radius 3 is 1.91 bits per heavy atom. The first-order valence-electron chi connectivity index (χ1n) is 15.7. The molecule has 1 aliphatic carbocycles. The fourth-order valence-electron chi connectivity index (χ4n) is 6.23. The lowest BCUT2D eigenvalue weighted by molar-refractivity contribution is 0.875. The van der Waals surface area contributed by atoms with E-state index < -0.39 is 0 Å². The Kier molecular flexibility index (Phi) is 7.59. The molecule has 0 amide bonds. The van der Waals surface area contributed by atoms with Gasteiger partial charge in [-0.15, -0.1) is 23.1 Å². The summed E-state index contributed by atoms with van der Waals surface area (Å²) >= 11 is 3.86. The molecule has 1 aliphatic heterocycles. The minimum Gasteiger partial charge on any atom is -0.135 e. The second-order valence-corrected chi connectivity index (χ2v) is 14.5. The van der Waals surface area contributed by atoms with Gasteiger partial charge in [0.2, 0.25) is 0 Å². The van der Waals surface area contributed by atoms with Gasteiger partial charge in [0.05, 0.1) is 0 Å². The predicted molar refractivity (Wildman–Crippen MR) is 202 cm³/mol. The van der Waals surface area contributed by atoms with E-state index in [1.807, 2.05) is 23.1 Å². The first kappa shape index (κ1) is 28.6. The molecular formula is C44H32S2. The fourth-order valence-corrected chi connectivity index (χ4v) is 8.98. The van der Waals surface area contributed by atoms with Crippen LogP contribution in [0.15, 0.2) is 138 Å². The lowest BCUT2D eigenvalue weighted by atomic mass is 9.89. The predicted octanol–water partition coefficient (Wildman–Crippen LogP) is 12.0. The van der Waals surface area contributed by atoms with Crippen LogP contribution in [0.3, 0.4) is 0 Å². The molecule has 2 aliphatic rings. The molecule has 6 aromatic rings. The largest absolute Gasteiger partial charge is 0.135 e. The van der Waals surface area contributed by atoms with E-state index in [1.165, 1.54) is 64.0 Å². The van der Waals surface area contributed by atoms with Crippen molar-refractivity contribution in [2.45, 2.75) is 29.9 Å². The van der Waals surface area contributed by atoms with Gasteiger partial charge in [0, 0.05) is 47.4 Å². The molecule has 8 rings (SSSR count). The van der Waals surface area contributed by atoms with Gasteiger partial charge in [-0.05, 0) is 95.3 Å². The average molecular weight is 625 g/mol. The van der Waals surface area contributed by atoms with Crippen molar-refractivity contribution < 1.29 is 0 Å². The summed E-state index contributed by atoms with van der Waals surface area (Å²) in [6.07, 6.45) is 15.8.